The third-order valence-electron chi connectivity index (χ3n) is 3.36. The van der Waals surface area contributed by atoms with Crippen molar-refractivity contribution < 1.29 is 19.1 Å². The summed E-state index contributed by atoms with van der Waals surface area (Å²) in [6.07, 6.45) is 2.91. The molecule has 0 aliphatic heterocycles. The van der Waals surface area contributed by atoms with Gasteiger partial charge in [-0.2, -0.15) is 0 Å². The summed E-state index contributed by atoms with van der Waals surface area (Å²) >= 11 is 0. The highest BCUT2D eigenvalue weighted by atomic mass is 16.5. The zero-order valence-corrected chi connectivity index (χ0v) is 13.9. The van der Waals surface area contributed by atoms with Gasteiger partial charge in [0.2, 0.25) is 0 Å². The lowest BCUT2D eigenvalue weighted by Crippen LogP contribution is -2.24. The van der Waals surface area contributed by atoms with Crippen molar-refractivity contribution >= 4 is 23.8 Å². The Hall–Kier alpha value is -3.28. The molecule has 3 N–H and O–H groups in total. The third-order valence-corrected chi connectivity index (χ3v) is 3.36. The molecule has 1 amide bonds. The Balaban J connectivity index is 1.85. The largest absolute Gasteiger partial charge is 0.465 e. The summed E-state index contributed by atoms with van der Waals surface area (Å²) in [6.45, 7) is 0.472. The molecule has 0 saturated carbocycles. The van der Waals surface area contributed by atoms with E-state index in [0.29, 0.717) is 16.8 Å². The van der Waals surface area contributed by atoms with Gasteiger partial charge in [-0.1, -0.05) is 48.6 Å². The molecular formula is C19H20N2O4. The highest BCUT2D eigenvalue weighted by molar-refractivity contribution is 5.94. The van der Waals surface area contributed by atoms with E-state index in [9.17, 15) is 9.59 Å². The van der Waals surface area contributed by atoms with Crippen molar-refractivity contribution in [3.63, 3.8) is 0 Å². The highest BCUT2D eigenvalue weighted by Gasteiger charge is 2.10. The predicted octanol–water partition coefficient (Wildman–Crippen LogP) is 3.00. The molecule has 0 aromatic heterocycles. The van der Waals surface area contributed by atoms with Crippen LogP contribution in [-0.2, 0) is 16.1 Å². The summed E-state index contributed by atoms with van der Waals surface area (Å²) in [5.74, 6) is -0.470. The molecule has 130 valence electrons. The summed E-state index contributed by atoms with van der Waals surface area (Å²) in [4.78, 5) is 23.4. The number of carbonyl (C=O) groups excluding carboxylic acids is 2. The second-order valence-corrected chi connectivity index (χ2v) is 5.18. The van der Waals surface area contributed by atoms with Gasteiger partial charge >= 0.3 is 12.1 Å². The van der Waals surface area contributed by atoms with Crippen LogP contribution in [0, 0.1) is 0 Å². The predicted molar refractivity (Wildman–Crippen MR) is 95.9 cm³/mol. The third kappa shape index (κ3) is 5.69. The number of rotatable bonds is 6. The Morgan fingerprint density at radius 3 is 2.64 bits per heavy atom. The summed E-state index contributed by atoms with van der Waals surface area (Å²) in [5, 5.41) is 2.61. The molecule has 6 nitrogen and oxygen atoms in total. The number of ether oxygens (including phenoxy) is 2. The number of nitrogens with two attached hydrogens (primary N) is 1. The maximum atomic E-state index is 11.7. The Kier molecular flexibility index (Phi) is 6.59. The van der Waals surface area contributed by atoms with E-state index in [4.69, 9.17) is 15.2 Å². The highest BCUT2D eigenvalue weighted by Crippen LogP contribution is 2.16. The average Bonchev–Trinajstić information content (AvgIpc) is 2.64. The first-order chi connectivity index (χ1) is 12.1. The van der Waals surface area contributed by atoms with Crippen LogP contribution in [0.5, 0.6) is 0 Å². The SMILES string of the molecule is COC(=O)c1cc(N)ccc1C=CCNC(=O)OCc1ccccc1. The normalized spacial score (nSPS) is 10.4. The van der Waals surface area contributed by atoms with E-state index in [1.165, 1.54) is 7.11 Å². The van der Waals surface area contributed by atoms with Crippen LogP contribution < -0.4 is 11.1 Å². The van der Waals surface area contributed by atoms with Crippen LogP contribution in [0.3, 0.4) is 0 Å². The molecular weight excluding hydrogens is 320 g/mol. The van der Waals surface area contributed by atoms with Gasteiger partial charge in [-0.25, -0.2) is 9.59 Å². The summed E-state index contributed by atoms with van der Waals surface area (Å²) in [6, 6.07) is 14.4. The first-order valence-electron chi connectivity index (χ1n) is 7.69. The summed E-state index contributed by atoms with van der Waals surface area (Å²) in [7, 11) is 1.31. The van der Waals surface area contributed by atoms with E-state index in [1.807, 2.05) is 30.3 Å². The van der Waals surface area contributed by atoms with Gasteiger partial charge in [0.15, 0.2) is 0 Å². The fraction of sp³-hybridized carbons (Fsp3) is 0.158. The lowest BCUT2D eigenvalue weighted by Gasteiger charge is -2.06. The fourth-order valence-electron chi connectivity index (χ4n) is 2.11. The zero-order chi connectivity index (χ0) is 18.1. The van der Waals surface area contributed by atoms with Gasteiger partial charge in [-0.15, -0.1) is 0 Å². The number of nitrogen functional groups attached to an aromatic ring is 1. The molecule has 2 aromatic rings. The smallest absolute Gasteiger partial charge is 0.407 e. The quantitative estimate of drug-likeness (QED) is 0.623. The minimum absolute atomic E-state index is 0.209. The average molecular weight is 340 g/mol. The van der Waals surface area contributed by atoms with Crippen LogP contribution in [0.25, 0.3) is 6.08 Å². The molecule has 2 rings (SSSR count). The Morgan fingerprint density at radius 2 is 1.92 bits per heavy atom. The number of anilines is 1. The molecule has 0 atom stereocenters. The van der Waals surface area contributed by atoms with Gasteiger partial charge in [0, 0.05) is 12.2 Å². The van der Waals surface area contributed by atoms with E-state index >= 15 is 0 Å². The second-order valence-electron chi connectivity index (χ2n) is 5.18. The minimum Gasteiger partial charge on any atom is -0.465 e. The van der Waals surface area contributed by atoms with E-state index in [0.717, 1.165) is 5.56 Å². The van der Waals surface area contributed by atoms with Crippen LogP contribution in [-0.4, -0.2) is 25.7 Å². The number of methoxy groups -OCH3 is 1. The summed E-state index contributed by atoms with van der Waals surface area (Å²) in [5.41, 5.74) is 8.10. The topological polar surface area (TPSA) is 90.6 Å². The van der Waals surface area contributed by atoms with Gasteiger partial charge < -0.3 is 20.5 Å². The van der Waals surface area contributed by atoms with Crippen molar-refractivity contribution in [2.45, 2.75) is 6.61 Å². The standard InChI is InChI=1S/C19H20N2O4/c1-24-18(22)17-12-16(20)10-9-15(17)8-5-11-21-19(23)25-13-14-6-3-2-4-7-14/h2-10,12H,11,13,20H2,1H3,(H,21,23). The molecule has 6 heteroatoms. The molecule has 25 heavy (non-hydrogen) atoms. The molecule has 0 unspecified atom stereocenters. The van der Waals surface area contributed by atoms with Crippen LogP contribution in [0.4, 0.5) is 10.5 Å². The Morgan fingerprint density at radius 1 is 1.16 bits per heavy atom. The maximum absolute atomic E-state index is 11.7. The molecule has 0 fully saturated rings. The molecule has 0 radical (unpaired) electrons. The van der Waals surface area contributed by atoms with Gasteiger partial charge in [0.25, 0.3) is 0 Å². The fourth-order valence-corrected chi connectivity index (χ4v) is 2.11. The van der Waals surface area contributed by atoms with Crippen LogP contribution in [0.2, 0.25) is 0 Å². The molecule has 2 aromatic carbocycles. The molecule has 0 heterocycles. The first kappa shape index (κ1) is 18.1. The zero-order valence-electron chi connectivity index (χ0n) is 13.9. The van der Waals surface area contributed by atoms with Gasteiger partial charge in [0.1, 0.15) is 6.61 Å². The van der Waals surface area contributed by atoms with Crippen LogP contribution >= 0.6 is 0 Å². The van der Waals surface area contributed by atoms with E-state index < -0.39 is 12.1 Å². The van der Waals surface area contributed by atoms with Crippen molar-refractivity contribution in [2.24, 2.45) is 0 Å². The van der Waals surface area contributed by atoms with Crippen molar-refractivity contribution in [3.05, 3.63) is 71.3 Å². The first-order valence-corrected chi connectivity index (χ1v) is 7.69. The Bertz CT molecular complexity index is 757. The summed E-state index contributed by atoms with van der Waals surface area (Å²) < 4.78 is 9.83. The number of hydrogen-bond donors (Lipinski definition) is 2. The monoisotopic (exact) mass is 340 g/mol. The molecule has 0 bridgehead atoms. The van der Waals surface area contributed by atoms with Crippen molar-refractivity contribution in [2.75, 3.05) is 19.4 Å². The van der Waals surface area contributed by atoms with E-state index in [1.54, 1.807) is 30.4 Å². The number of amides is 1. The van der Waals surface area contributed by atoms with Crippen molar-refractivity contribution in [3.8, 4) is 0 Å². The Labute approximate surface area is 146 Å². The lowest BCUT2D eigenvalue weighted by molar-refractivity contribution is 0.0600. The molecule has 0 spiro atoms. The molecule has 0 saturated heterocycles. The second kappa shape index (κ2) is 9.12. The van der Waals surface area contributed by atoms with E-state index in [2.05, 4.69) is 5.32 Å². The van der Waals surface area contributed by atoms with Crippen molar-refractivity contribution in [1.29, 1.82) is 0 Å². The molecule has 0 aliphatic carbocycles. The number of benzene rings is 2. The number of hydrogen-bond acceptors (Lipinski definition) is 5. The van der Waals surface area contributed by atoms with Crippen molar-refractivity contribution in [1.82, 2.24) is 5.32 Å². The number of alkyl carbamates (subject to hydrolysis) is 1. The van der Waals surface area contributed by atoms with Gasteiger partial charge in [-0.3, -0.25) is 0 Å². The molecule has 0 aliphatic rings. The number of carbonyl (C=O) groups is 2. The number of nitrogens with one attached hydrogen (secondary N) is 1. The maximum Gasteiger partial charge on any atom is 0.407 e. The minimum atomic E-state index is -0.515. The van der Waals surface area contributed by atoms with Crippen LogP contribution in [0.15, 0.2) is 54.6 Å². The van der Waals surface area contributed by atoms with Crippen LogP contribution in [0.1, 0.15) is 21.5 Å². The number of esters is 1. The lowest BCUT2D eigenvalue weighted by atomic mass is 10.1. The van der Waals surface area contributed by atoms with Gasteiger partial charge in [0.05, 0.1) is 12.7 Å². The van der Waals surface area contributed by atoms with E-state index in [-0.39, 0.29) is 13.2 Å². The van der Waals surface area contributed by atoms with Gasteiger partial charge in [-0.05, 0) is 23.3 Å².